The van der Waals surface area contributed by atoms with E-state index >= 15 is 0 Å². The van der Waals surface area contributed by atoms with E-state index in [1.165, 1.54) is 0 Å². The predicted octanol–water partition coefficient (Wildman–Crippen LogP) is 2.49. The topological polar surface area (TPSA) is 49.3 Å². The molecule has 2 N–H and O–H groups in total. The van der Waals surface area contributed by atoms with E-state index in [1.807, 2.05) is 20.8 Å². The maximum absolute atomic E-state index is 13.5. The van der Waals surface area contributed by atoms with E-state index in [2.05, 4.69) is 5.32 Å². The van der Waals surface area contributed by atoms with Crippen LogP contribution >= 0.6 is 0 Å². The first kappa shape index (κ1) is 15.6. The fourth-order valence-electron chi connectivity index (χ4n) is 1.76. The van der Waals surface area contributed by atoms with Crippen molar-refractivity contribution in [2.75, 3.05) is 6.61 Å². The Bertz CT molecular complexity index is 455. The van der Waals surface area contributed by atoms with E-state index in [-0.39, 0.29) is 23.6 Å². The van der Waals surface area contributed by atoms with Gasteiger partial charge in [-0.1, -0.05) is 20.8 Å². The summed E-state index contributed by atoms with van der Waals surface area (Å²) in [6.07, 6.45) is 0.353. The quantitative estimate of drug-likeness (QED) is 0.884. The van der Waals surface area contributed by atoms with Crippen molar-refractivity contribution in [1.29, 1.82) is 0 Å². The Morgan fingerprint density at radius 1 is 1.37 bits per heavy atom. The van der Waals surface area contributed by atoms with Crippen molar-refractivity contribution >= 4 is 5.91 Å². The zero-order chi connectivity index (χ0) is 14.6. The summed E-state index contributed by atoms with van der Waals surface area (Å²) >= 11 is 0. The third-order valence-electron chi connectivity index (χ3n) is 2.94. The minimum Gasteiger partial charge on any atom is -0.396 e. The summed E-state index contributed by atoms with van der Waals surface area (Å²) < 4.78 is 26.5. The van der Waals surface area contributed by atoms with Gasteiger partial charge < -0.3 is 10.4 Å². The number of aliphatic hydroxyl groups excluding tert-OH is 1. The smallest absolute Gasteiger partial charge is 0.254 e. The van der Waals surface area contributed by atoms with Gasteiger partial charge in [0.05, 0.1) is 5.56 Å². The Morgan fingerprint density at radius 2 is 2.00 bits per heavy atom. The summed E-state index contributed by atoms with van der Waals surface area (Å²) in [5.41, 5.74) is -0.616. The maximum Gasteiger partial charge on any atom is 0.254 e. The lowest BCUT2D eigenvalue weighted by atomic mass is 9.84. The zero-order valence-corrected chi connectivity index (χ0v) is 11.3. The first-order chi connectivity index (χ1) is 8.75. The number of hydrogen-bond acceptors (Lipinski definition) is 2. The molecule has 0 radical (unpaired) electrons. The largest absolute Gasteiger partial charge is 0.396 e. The summed E-state index contributed by atoms with van der Waals surface area (Å²) in [4.78, 5) is 12.0. The molecule has 0 unspecified atom stereocenters. The van der Waals surface area contributed by atoms with E-state index in [1.54, 1.807) is 0 Å². The third kappa shape index (κ3) is 4.28. The number of hydrogen-bond donors (Lipinski definition) is 2. The maximum atomic E-state index is 13.5. The first-order valence-electron chi connectivity index (χ1n) is 6.12. The monoisotopic (exact) mass is 271 g/mol. The fourth-order valence-corrected chi connectivity index (χ4v) is 1.76. The first-order valence-corrected chi connectivity index (χ1v) is 6.12. The molecule has 1 aromatic carbocycles. The Balaban J connectivity index is 2.91. The number of benzene rings is 1. The van der Waals surface area contributed by atoms with Crippen molar-refractivity contribution in [1.82, 2.24) is 5.32 Å². The fraction of sp³-hybridized carbons (Fsp3) is 0.500. The van der Waals surface area contributed by atoms with E-state index in [0.717, 1.165) is 18.2 Å². The predicted molar refractivity (Wildman–Crippen MR) is 68.8 cm³/mol. The van der Waals surface area contributed by atoms with E-state index in [9.17, 15) is 13.6 Å². The molecule has 0 saturated carbocycles. The third-order valence-corrected chi connectivity index (χ3v) is 2.94. The molecule has 0 fully saturated rings. The van der Waals surface area contributed by atoms with Crippen LogP contribution in [0.5, 0.6) is 0 Å². The van der Waals surface area contributed by atoms with Gasteiger partial charge in [-0.2, -0.15) is 0 Å². The van der Waals surface area contributed by atoms with Crippen molar-refractivity contribution in [3.8, 4) is 0 Å². The van der Waals surface area contributed by atoms with Gasteiger partial charge >= 0.3 is 0 Å². The molecule has 3 nitrogen and oxygen atoms in total. The molecule has 19 heavy (non-hydrogen) atoms. The van der Waals surface area contributed by atoms with Crippen LogP contribution in [0.4, 0.5) is 8.78 Å². The Hall–Kier alpha value is -1.49. The molecule has 1 amide bonds. The van der Waals surface area contributed by atoms with Crippen LogP contribution in [0.3, 0.4) is 0 Å². The van der Waals surface area contributed by atoms with Crippen molar-refractivity contribution in [3.63, 3.8) is 0 Å². The average molecular weight is 271 g/mol. The lowest BCUT2D eigenvalue weighted by Gasteiger charge is -2.31. The standard InChI is InChI=1S/C14H19F2NO2/c1-14(2,3)12(6-7-18)17-13(19)10-8-9(15)4-5-11(10)16/h4-5,8,12,18H,6-7H2,1-3H3,(H,17,19)/t12-/m1/s1. The minimum atomic E-state index is -0.768. The Kier molecular flexibility index (Phi) is 5.00. The molecule has 5 heteroatoms. The van der Waals surface area contributed by atoms with Crippen LogP contribution < -0.4 is 5.32 Å². The molecule has 0 spiro atoms. The molecule has 0 aliphatic heterocycles. The molecule has 0 aliphatic carbocycles. The molecule has 1 rings (SSSR count). The van der Waals surface area contributed by atoms with Gasteiger partial charge in [-0.3, -0.25) is 4.79 Å². The van der Waals surface area contributed by atoms with Crippen LogP contribution in [0, 0.1) is 17.0 Å². The highest BCUT2D eigenvalue weighted by molar-refractivity contribution is 5.94. The van der Waals surface area contributed by atoms with Crippen molar-refractivity contribution in [3.05, 3.63) is 35.4 Å². The Morgan fingerprint density at radius 3 is 2.53 bits per heavy atom. The van der Waals surface area contributed by atoms with E-state index < -0.39 is 17.5 Å². The summed E-state index contributed by atoms with van der Waals surface area (Å²) in [7, 11) is 0. The van der Waals surface area contributed by atoms with Crippen LogP contribution in [-0.2, 0) is 0 Å². The number of aliphatic hydroxyl groups is 1. The summed E-state index contributed by atoms with van der Waals surface area (Å²) in [6.45, 7) is 5.61. The highest BCUT2D eigenvalue weighted by Crippen LogP contribution is 2.22. The summed E-state index contributed by atoms with van der Waals surface area (Å²) in [6, 6.07) is 2.42. The highest BCUT2D eigenvalue weighted by Gasteiger charge is 2.27. The number of halogens is 2. The second-order valence-corrected chi connectivity index (χ2v) is 5.53. The van der Waals surface area contributed by atoms with Gasteiger partial charge in [-0.15, -0.1) is 0 Å². The van der Waals surface area contributed by atoms with Crippen LogP contribution in [0.25, 0.3) is 0 Å². The number of carbonyl (C=O) groups is 1. The van der Waals surface area contributed by atoms with Gasteiger partial charge in [0.2, 0.25) is 0 Å². The molecule has 1 atom stereocenters. The molecular weight excluding hydrogens is 252 g/mol. The molecule has 106 valence electrons. The minimum absolute atomic E-state index is 0.0894. The molecule has 1 aromatic rings. The van der Waals surface area contributed by atoms with Crippen LogP contribution in [0.2, 0.25) is 0 Å². The second kappa shape index (κ2) is 6.10. The molecule has 0 bridgehead atoms. The number of amides is 1. The number of carbonyl (C=O) groups excluding carboxylic acids is 1. The van der Waals surface area contributed by atoms with Gasteiger partial charge in [0.1, 0.15) is 11.6 Å². The molecule has 0 aromatic heterocycles. The second-order valence-electron chi connectivity index (χ2n) is 5.53. The SMILES string of the molecule is CC(C)(C)[C@@H](CCO)NC(=O)c1cc(F)ccc1F. The van der Waals surface area contributed by atoms with Crippen molar-refractivity contribution in [2.45, 2.75) is 33.2 Å². The molecule has 0 saturated heterocycles. The van der Waals surface area contributed by atoms with Crippen molar-refractivity contribution in [2.24, 2.45) is 5.41 Å². The van der Waals surface area contributed by atoms with Gasteiger partial charge in [0.15, 0.2) is 0 Å². The number of rotatable bonds is 4. The molecule has 0 aliphatic rings. The number of nitrogens with one attached hydrogen (secondary N) is 1. The lowest BCUT2D eigenvalue weighted by molar-refractivity contribution is 0.0880. The summed E-state index contributed by atoms with van der Waals surface area (Å²) in [5.74, 6) is -2.11. The van der Waals surface area contributed by atoms with Gasteiger partial charge in [0.25, 0.3) is 5.91 Å². The van der Waals surface area contributed by atoms with E-state index in [4.69, 9.17) is 5.11 Å². The van der Waals surface area contributed by atoms with Gasteiger partial charge in [-0.25, -0.2) is 8.78 Å². The van der Waals surface area contributed by atoms with Crippen LogP contribution in [0.1, 0.15) is 37.6 Å². The Labute approximate surface area is 111 Å². The lowest BCUT2D eigenvalue weighted by Crippen LogP contribution is -2.44. The highest BCUT2D eigenvalue weighted by atomic mass is 19.1. The van der Waals surface area contributed by atoms with Crippen LogP contribution in [0.15, 0.2) is 18.2 Å². The van der Waals surface area contributed by atoms with Gasteiger partial charge in [-0.05, 0) is 30.0 Å². The molecule has 0 heterocycles. The summed E-state index contributed by atoms with van der Waals surface area (Å²) in [5, 5.41) is 11.6. The van der Waals surface area contributed by atoms with E-state index in [0.29, 0.717) is 6.42 Å². The van der Waals surface area contributed by atoms with Gasteiger partial charge in [0, 0.05) is 12.6 Å². The zero-order valence-electron chi connectivity index (χ0n) is 11.3. The van der Waals surface area contributed by atoms with Crippen LogP contribution in [-0.4, -0.2) is 23.7 Å². The average Bonchev–Trinajstić information content (AvgIpc) is 2.30. The van der Waals surface area contributed by atoms with Crippen molar-refractivity contribution < 1.29 is 18.7 Å². The normalized spacial score (nSPS) is 13.2. The molecular formula is C14H19F2NO2.